The van der Waals surface area contributed by atoms with Gasteiger partial charge in [0.25, 0.3) is 0 Å². The van der Waals surface area contributed by atoms with Crippen molar-refractivity contribution in [3.8, 4) is 16.9 Å². The van der Waals surface area contributed by atoms with Gasteiger partial charge in [0.1, 0.15) is 0 Å². The van der Waals surface area contributed by atoms with Crippen LogP contribution in [0.2, 0.25) is 0 Å². The lowest BCUT2D eigenvalue weighted by molar-refractivity contribution is -0.223. The predicted octanol–water partition coefficient (Wildman–Crippen LogP) is 3.58. The minimum Gasteiger partial charge on any atom is -0.363 e. The molecule has 32 heavy (non-hydrogen) atoms. The maximum absolute atomic E-state index is 13.5. The lowest BCUT2D eigenvalue weighted by atomic mass is 10.1. The van der Waals surface area contributed by atoms with Gasteiger partial charge in [-0.15, -0.1) is 0 Å². The molecular formula is C21H20F3N7O. The van der Waals surface area contributed by atoms with Crippen LogP contribution in [0.25, 0.3) is 28.1 Å². The van der Waals surface area contributed by atoms with Crippen LogP contribution in [0.4, 0.5) is 13.2 Å². The van der Waals surface area contributed by atoms with Crippen molar-refractivity contribution in [2.45, 2.75) is 31.2 Å². The zero-order valence-corrected chi connectivity index (χ0v) is 16.9. The number of pyridine rings is 2. The Morgan fingerprint density at radius 3 is 2.78 bits per heavy atom. The summed E-state index contributed by atoms with van der Waals surface area (Å²) in [4.78, 5) is 15.6. The van der Waals surface area contributed by atoms with Crippen molar-refractivity contribution < 1.29 is 17.9 Å². The van der Waals surface area contributed by atoms with E-state index in [0.29, 0.717) is 24.1 Å². The van der Waals surface area contributed by atoms with Crippen LogP contribution in [0.1, 0.15) is 24.5 Å². The van der Waals surface area contributed by atoms with Gasteiger partial charge in [0.15, 0.2) is 17.6 Å². The fourth-order valence-corrected chi connectivity index (χ4v) is 3.47. The third-order valence-electron chi connectivity index (χ3n) is 5.22. The van der Waals surface area contributed by atoms with E-state index in [2.05, 4.69) is 30.4 Å². The van der Waals surface area contributed by atoms with E-state index in [9.17, 15) is 13.2 Å². The molecule has 0 bridgehead atoms. The number of alkyl halides is 3. The number of fused-ring (bicyclic) bond motifs is 1. The van der Waals surface area contributed by atoms with Gasteiger partial charge >= 0.3 is 6.18 Å². The molecule has 0 radical (unpaired) electrons. The number of halogens is 3. The van der Waals surface area contributed by atoms with Gasteiger partial charge in [-0.05, 0) is 25.0 Å². The number of ether oxygens (including phenoxy) is 1. The maximum atomic E-state index is 13.5. The Kier molecular flexibility index (Phi) is 5.35. The summed E-state index contributed by atoms with van der Waals surface area (Å²) in [6.45, 7) is 0.358. The highest BCUT2D eigenvalue weighted by atomic mass is 19.4. The standard InChI is InChI=1S/C21H20F3N7O/c22-21(23,24)19(32-8-7-25-15-2-3-15)13-1-4-17(27-9-13)31-11-14(10-30-31)16-5-6-26-20-18(16)28-12-29-20/h1,4-6,9-12,15,19,25H,2-3,7-8H2,(H,26,28,29). The Balaban J connectivity index is 1.33. The smallest absolute Gasteiger partial charge is 0.363 e. The van der Waals surface area contributed by atoms with E-state index in [-0.39, 0.29) is 12.2 Å². The average Bonchev–Trinajstić information content (AvgIpc) is 3.25. The number of H-pyrrole nitrogens is 1. The van der Waals surface area contributed by atoms with E-state index in [1.165, 1.54) is 23.0 Å². The van der Waals surface area contributed by atoms with Crippen molar-refractivity contribution in [3.63, 3.8) is 0 Å². The second kappa shape index (κ2) is 8.32. The first-order chi connectivity index (χ1) is 15.5. The van der Waals surface area contributed by atoms with Crippen LogP contribution in [0, 0.1) is 0 Å². The number of rotatable bonds is 8. The number of nitrogens with one attached hydrogen (secondary N) is 2. The lowest BCUT2D eigenvalue weighted by Gasteiger charge is -2.21. The van der Waals surface area contributed by atoms with Gasteiger partial charge in [0.05, 0.1) is 24.6 Å². The quantitative estimate of drug-likeness (QED) is 0.405. The SMILES string of the molecule is FC(F)(F)C(OCCNC1CC1)c1ccc(-n2cc(-c3ccnc4nc[nH]c34)cn2)nc1. The molecule has 0 spiro atoms. The highest BCUT2D eigenvalue weighted by Crippen LogP contribution is 2.35. The van der Waals surface area contributed by atoms with Gasteiger partial charge in [0.2, 0.25) is 0 Å². The molecule has 166 valence electrons. The Hall–Kier alpha value is -3.31. The van der Waals surface area contributed by atoms with Crippen molar-refractivity contribution >= 4 is 11.2 Å². The van der Waals surface area contributed by atoms with Gasteiger partial charge in [-0.3, -0.25) is 0 Å². The van der Waals surface area contributed by atoms with Gasteiger partial charge in [-0.2, -0.15) is 18.3 Å². The Morgan fingerprint density at radius 2 is 2.03 bits per heavy atom. The molecule has 0 amide bonds. The van der Waals surface area contributed by atoms with Crippen molar-refractivity contribution in [3.05, 3.63) is 54.9 Å². The molecule has 4 aromatic rings. The van der Waals surface area contributed by atoms with E-state index in [1.54, 1.807) is 24.9 Å². The fourth-order valence-electron chi connectivity index (χ4n) is 3.47. The first kappa shape index (κ1) is 20.6. The minimum atomic E-state index is -4.53. The van der Waals surface area contributed by atoms with Gasteiger partial charge in [-0.1, -0.05) is 6.07 Å². The van der Waals surface area contributed by atoms with E-state index in [4.69, 9.17) is 4.74 Å². The van der Waals surface area contributed by atoms with Crippen molar-refractivity contribution in [1.29, 1.82) is 0 Å². The number of hydrogen-bond donors (Lipinski definition) is 2. The summed E-state index contributed by atoms with van der Waals surface area (Å²) in [6.07, 6.45) is 3.38. The second-order valence-corrected chi connectivity index (χ2v) is 7.60. The molecule has 2 N–H and O–H groups in total. The number of aromatic nitrogens is 6. The molecule has 1 fully saturated rings. The van der Waals surface area contributed by atoms with Crippen LogP contribution in [0.5, 0.6) is 0 Å². The van der Waals surface area contributed by atoms with Crippen LogP contribution in [-0.4, -0.2) is 55.1 Å². The normalized spacial score (nSPS) is 15.3. The van der Waals surface area contributed by atoms with E-state index in [1.807, 2.05) is 6.07 Å². The van der Waals surface area contributed by atoms with Gasteiger partial charge in [-0.25, -0.2) is 19.6 Å². The van der Waals surface area contributed by atoms with Crippen LogP contribution < -0.4 is 5.32 Å². The largest absolute Gasteiger partial charge is 0.418 e. The number of aromatic amines is 1. The minimum absolute atomic E-state index is 0.0288. The number of imidazole rings is 1. The molecule has 0 aliphatic heterocycles. The first-order valence-electron chi connectivity index (χ1n) is 10.2. The molecule has 1 unspecified atom stereocenters. The molecule has 1 atom stereocenters. The summed E-state index contributed by atoms with van der Waals surface area (Å²) in [6, 6.07) is 5.12. The van der Waals surface area contributed by atoms with E-state index < -0.39 is 12.3 Å². The average molecular weight is 443 g/mol. The highest BCUT2D eigenvalue weighted by molar-refractivity contribution is 5.88. The lowest BCUT2D eigenvalue weighted by Crippen LogP contribution is -2.28. The van der Waals surface area contributed by atoms with Crippen molar-refractivity contribution in [1.82, 2.24) is 35.0 Å². The third kappa shape index (κ3) is 4.34. The molecule has 1 aliphatic carbocycles. The molecular weight excluding hydrogens is 423 g/mol. The molecule has 4 heterocycles. The highest BCUT2D eigenvalue weighted by Gasteiger charge is 2.42. The van der Waals surface area contributed by atoms with Gasteiger partial charge in [0, 0.05) is 47.9 Å². The number of nitrogens with zero attached hydrogens (tertiary/aromatic N) is 5. The summed E-state index contributed by atoms with van der Waals surface area (Å²) in [5, 5.41) is 7.44. The first-order valence-corrected chi connectivity index (χ1v) is 10.2. The molecule has 0 aromatic carbocycles. The molecule has 1 saturated carbocycles. The zero-order valence-electron chi connectivity index (χ0n) is 16.9. The zero-order chi connectivity index (χ0) is 22.1. The Morgan fingerprint density at radius 1 is 1.16 bits per heavy atom. The molecule has 4 aromatic heterocycles. The molecule has 1 aliphatic rings. The van der Waals surface area contributed by atoms with Crippen LogP contribution in [0.3, 0.4) is 0 Å². The topological polar surface area (TPSA) is 93.5 Å². The van der Waals surface area contributed by atoms with Crippen LogP contribution in [-0.2, 0) is 4.74 Å². The fraction of sp³-hybridized carbons (Fsp3) is 0.333. The second-order valence-electron chi connectivity index (χ2n) is 7.60. The Labute approximate surface area is 180 Å². The molecule has 0 saturated heterocycles. The predicted molar refractivity (Wildman–Crippen MR) is 110 cm³/mol. The van der Waals surface area contributed by atoms with Gasteiger partial charge < -0.3 is 15.0 Å². The Bertz CT molecular complexity index is 1200. The molecule has 11 heteroatoms. The van der Waals surface area contributed by atoms with Crippen molar-refractivity contribution in [2.24, 2.45) is 0 Å². The van der Waals surface area contributed by atoms with E-state index >= 15 is 0 Å². The summed E-state index contributed by atoms with van der Waals surface area (Å²) >= 11 is 0. The van der Waals surface area contributed by atoms with Crippen molar-refractivity contribution in [2.75, 3.05) is 13.2 Å². The summed E-state index contributed by atoms with van der Waals surface area (Å²) in [5.74, 6) is 0.395. The molecule has 5 rings (SSSR count). The van der Waals surface area contributed by atoms with Crippen LogP contribution >= 0.6 is 0 Å². The van der Waals surface area contributed by atoms with E-state index in [0.717, 1.165) is 29.5 Å². The summed E-state index contributed by atoms with van der Waals surface area (Å²) < 4.78 is 47.2. The number of hydrogen-bond acceptors (Lipinski definition) is 6. The summed E-state index contributed by atoms with van der Waals surface area (Å²) in [7, 11) is 0. The third-order valence-corrected chi connectivity index (χ3v) is 5.22. The molecule has 8 nitrogen and oxygen atoms in total. The monoisotopic (exact) mass is 443 g/mol. The maximum Gasteiger partial charge on any atom is 0.418 e. The van der Waals surface area contributed by atoms with Crippen LogP contribution in [0.15, 0.2) is 49.3 Å². The summed E-state index contributed by atoms with van der Waals surface area (Å²) in [5.41, 5.74) is 2.97.